The van der Waals surface area contributed by atoms with Crippen LogP contribution in [0.15, 0.2) is 48.5 Å². The van der Waals surface area contributed by atoms with Gasteiger partial charge in [0.15, 0.2) is 5.78 Å². The molecule has 1 saturated heterocycles. The summed E-state index contributed by atoms with van der Waals surface area (Å²) in [5.74, 6) is 1.65. The first-order valence-electron chi connectivity index (χ1n) is 13.0. The molecular formula is C29H38N2O2. The van der Waals surface area contributed by atoms with E-state index in [0.717, 1.165) is 44.4 Å². The molecule has 176 valence electrons. The van der Waals surface area contributed by atoms with Gasteiger partial charge in [0, 0.05) is 23.7 Å². The number of Topliss-reactive ketones (excluding diaryl/α,β-unsaturated/α-hetero) is 1. The highest BCUT2D eigenvalue weighted by molar-refractivity contribution is 5.88. The number of likely N-dealkylation sites (tertiary alicyclic amines) is 1. The second-order valence-corrected chi connectivity index (χ2v) is 10.2. The number of nitrogens with zero attached hydrogens (tertiary/aromatic N) is 1. The minimum atomic E-state index is -0.0211. The molecule has 0 radical (unpaired) electrons. The van der Waals surface area contributed by atoms with Crippen LogP contribution in [0.5, 0.6) is 5.75 Å². The van der Waals surface area contributed by atoms with Gasteiger partial charge >= 0.3 is 0 Å². The smallest absolute Gasteiger partial charge is 0.155 e. The molecule has 2 aromatic carbocycles. The van der Waals surface area contributed by atoms with Crippen LogP contribution in [0.3, 0.4) is 0 Å². The van der Waals surface area contributed by atoms with Crippen molar-refractivity contribution >= 4 is 11.5 Å². The zero-order chi connectivity index (χ0) is 22.6. The first kappa shape index (κ1) is 22.5. The van der Waals surface area contributed by atoms with Crippen LogP contribution in [0.1, 0.15) is 62.5 Å². The van der Waals surface area contributed by atoms with Gasteiger partial charge in [-0.3, -0.25) is 9.69 Å². The lowest BCUT2D eigenvalue weighted by atomic mass is 9.79. The number of ketones is 1. The summed E-state index contributed by atoms with van der Waals surface area (Å²) in [6.45, 7) is 1.03. The lowest BCUT2D eigenvalue weighted by Crippen LogP contribution is -2.56. The predicted octanol–water partition coefficient (Wildman–Crippen LogP) is 5.65. The third kappa shape index (κ3) is 4.96. The third-order valence-corrected chi connectivity index (χ3v) is 8.17. The highest BCUT2D eigenvalue weighted by atomic mass is 16.5. The number of aryl methyl sites for hydroxylation is 1. The summed E-state index contributed by atoms with van der Waals surface area (Å²) in [6, 6.07) is 17.7. The lowest BCUT2D eigenvalue weighted by molar-refractivity contribution is -0.130. The molecule has 0 aromatic heterocycles. The Morgan fingerprint density at radius 1 is 1.00 bits per heavy atom. The Hall–Kier alpha value is -2.33. The number of carbonyl (C=O) groups is 1. The van der Waals surface area contributed by atoms with Gasteiger partial charge in [-0.1, -0.05) is 49.6 Å². The van der Waals surface area contributed by atoms with E-state index in [0.29, 0.717) is 11.8 Å². The van der Waals surface area contributed by atoms with Gasteiger partial charge in [0.2, 0.25) is 0 Å². The number of nitrogens with one attached hydrogen (secondary N) is 1. The van der Waals surface area contributed by atoms with E-state index in [1.165, 1.54) is 48.9 Å². The van der Waals surface area contributed by atoms with E-state index in [1.54, 1.807) is 7.11 Å². The fraction of sp³-hybridized carbons (Fsp3) is 0.552. The zero-order valence-electron chi connectivity index (χ0n) is 20.0. The van der Waals surface area contributed by atoms with E-state index in [9.17, 15) is 4.79 Å². The molecule has 2 heterocycles. The topological polar surface area (TPSA) is 41.6 Å². The van der Waals surface area contributed by atoms with Gasteiger partial charge < -0.3 is 10.1 Å². The molecule has 4 heteroatoms. The zero-order valence-corrected chi connectivity index (χ0v) is 20.0. The van der Waals surface area contributed by atoms with E-state index in [-0.39, 0.29) is 18.0 Å². The molecule has 33 heavy (non-hydrogen) atoms. The van der Waals surface area contributed by atoms with Crippen molar-refractivity contribution in [3.63, 3.8) is 0 Å². The molecule has 1 N–H and O–H groups in total. The van der Waals surface area contributed by atoms with Gasteiger partial charge in [0.1, 0.15) is 5.75 Å². The van der Waals surface area contributed by atoms with Crippen LogP contribution in [0.4, 0.5) is 5.69 Å². The molecule has 2 aromatic rings. The SMILES string of the molecule is COc1ccc(CC2CCCN2C(C(=O)C2CCCCC2)C2CCc3ccccc3N2)cc1. The maximum Gasteiger partial charge on any atom is 0.155 e. The molecule has 5 rings (SSSR count). The number of benzene rings is 2. The summed E-state index contributed by atoms with van der Waals surface area (Å²) < 4.78 is 5.34. The van der Waals surface area contributed by atoms with Crippen LogP contribution in [-0.2, 0) is 17.6 Å². The van der Waals surface area contributed by atoms with Gasteiger partial charge in [-0.15, -0.1) is 0 Å². The maximum atomic E-state index is 14.1. The Balaban J connectivity index is 1.39. The maximum absolute atomic E-state index is 14.1. The summed E-state index contributed by atoms with van der Waals surface area (Å²) in [5, 5.41) is 3.81. The van der Waals surface area contributed by atoms with Gasteiger partial charge in [0.05, 0.1) is 13.2 Å². The first-order chi connectivity index (χ1) is 16.2. The van der Waals surface area contributed by atoms with Gasteiger partial charge in [-0.2, -0.15) is 0 Å². The number of anilines is 1. The predicted molar refractivity (Wildman–Crippen MR) is 134 cm³/mol. The Labute approximate surface area is 198 Å². The Bertz CT molecular complexity index is 935. The second kappa shape index (κ2) is 10.3. The fourth-order valence-electron chi connectivity index (χ4n) is 6.40. The molecule has 4 nitrogen and oxygen atoms in total. The van der Waals surface area contributed by atoms with Crippen molar-refractivity contribution in [2.24, 2.45) is 5.92 Å². The van der Waals surface area contributed by atoms with Gasteiger partial charge in [0.25, 0.3) is 0 Å². The normalized spacial score (nSPS) is 24.6. The molecule has 0 spiro atoms. The van der Waals surface area contributed by atoms with Crippen molar-refractivity contribution in [1.29, 1.82) is 0 Å². The molecular weight excluding hydrogens is 408 g/mol. The Kier molecular flexibility index (Phi) is 7.01. The summed E-state index contributed by atoms with van der Waals surface area (Å²) in [7, 11) is 1.71. The average molecular weight is 447 g/mol. The monoisotopic (exact) mass is 446 g/mol. The van der Waals surface area contributed by atoms with Crippen LogP contribution in [0.25, 0.3) is 0 Å². The van der Waals surface area contributed by atoms with Gasteiger partial charge in [-0.25, -0.2) is 0 Å². The molecule has 3 unspecified atom stereocenters. The number of methoxy groups -OCH3 is 1. The van der Waals surface area contributed by atoms with Crippen molar-refractivity contribution in [3.05, 3.63) is 59.7 Å². The molecule has 2 aliphatic heterocycles. The lowest BCUT2D eigenvalue weighted by Gasteiger charge is -2.42. The van der Waals surface area contributed by atoms with Crippen LogP contribution < -0.4 is 10.1 Å². The van der Waals surface area contributed by atoms with Crippen molar-refractivity contribution in [1.82, 2.24) is 4.90 Å². The molecule has 3 aliphatic rings. The van der Waals surface area contributed by atoms with Crippen molar-refractivity contribution in [2.75, 3.05) is 19.0 Å². The standard InChI is InChI=1S/C29H38N2O2/c1-33-25-16-13-21(14-17-25)20-24-11-7-19-31(24)28(29(32)23-9-3-2-4-10-23)27-18-15-22-8-5-6-12-26(22)30-27/h5-6,8,12-14,16-17,23-24,27-28,30H,2-4,7,9-11,15,18-20H2,1H3. The number of hydrogen-bond acceptors (Lipinski definition) is 4. The largest absolute Gasteiger partial charge is 0.497 e. The minimum absolute atomic E-state index is 0.0211. The summed E-state index contributed by atoms with van der Waals surface area (Å²) in [4.78, 5) is 16.7. The number of carbonyl (C=O) groups excluding carboxylic acids is 1. The third-order valence-electron chi connectivity index (χ3n) is 8.17. The van der Waals surface area contributed by atoms with Crippen LogP contribution >= 0.6 is 0 Å². The summed E-state index contributed by atoms with van der Waals surface area (Å²) >= 11 is 0. The van der Waals surface area contributed by atoms with E-state index >= 15 is 0 Å². The minimum Gasteiger partial charge on any atom is -0.497 e. The average Bonchev–Trinajstić information content (AvgIpc) is 3.32. The van der Waals surface area contributed by atoms with Crippen LogP contribution in [-0.4, -0.2) is 42.5 Å². The Morgan fingerprint density at radius 2 is 1.79 bits per heavy atom. The van der Waals surface area contributed by atoms with E-state index in [4.69, 9.17) is 4.74 Å². The van der Waals surface area contributed by atoms with E-state index in [2.05, 4.69) is 58.7 Å². The quantitative estimate of drug-likeness (QED) is 0.597. The number of ether oxygens (including phenoxy) is 1. The molecule has 0 bridgehead atoms. The van der Waals surface area contributed by atoms with Gasteiger partial charge in [-0.05, 0) is 80.8 Å². The number of para-hydroxylation sites is 1. The highest BCUT2D eigenvalue weighted by Crippen LogP contribution is 2.35. The van der Waals surface area contributed by atoms with Crippen molar-refractivity contribution in [2.45, 2.75) is 82.3 Å². The van der Waals surface area contributed by atoms with E-state index in [1.807, 2.05) is 0 Å². The molecule has 1 aliphatic carbocycles. The summed E-state index contributed by atoms with van der Waals surface area (Å²) in [6.07, 6.45) is 11.3. The summed E-state index contributed by atoms with van der Waals surface area (Å²) in [5.41, 5.74) is 3.94. The van der Waals surface area contributed by atoms with Crippen molar-refractivity contribution < 1.29 is 9.53 Å². The van der Waals surface area contributed by atoms with E-state index < -0.39 is 0 Å². The van der Waals surface area contributed by atoms with Crippen LogP contribution in [0, 0.1) is 5.92 Å². The molecule has 3 atom stereocenters. The first-order valence-corrected chi connectivity index (χ1v) is 13.0. The Morgan fingerprint density at radius 3 is 2.58 bits per heavy atom. The highest BCUT2D eigenvalue weighted by Gasteiger charge is 2.42. The van der Waals surface area contributed by atoms with Crippen LogP contribution in [0.2, 0.25) is 0 Å². The number of fused-ring (bicyclic) bond motifs is 1. The fourth-order valence-corrected chi connectivity index (χ4v) is 6.40. The second-order valence-electron chi connectivity index (χ2n) is 10.2. The number of hydrogen-bond donors (Lipinski definition) is 1. The molecule has 1 saturated carbocycles. The van der Waals surface area contributed by atoms with Crippen molar-refractivity contribution in [3.8, 4) is 5.75 Å². The molecule has 0 amide bonds. The number of rotatable bonds is 7. The molecule has 2 fully saturated rings.